The van der Waals surface area contributed by atoms with E-state index in [2.05, 4.69) is 31.4 Å². The van der Waals surface area contributed by atoms with Gasteiger partial charge in [-0.25, -0.2) is 9.97 Å². The fourth-order valence-corrected chi connectivity index (χ4v) is 3.47. The van der Waals surface area contributed by atoms with Gasteiger partial charge in [-0.1, -0.05) is 6.92 Å². The first kappa shape index (κ1) is 22.9. The number of hydrogen-bond donors (Lipinski definition) is 2. The molecule has 0 radical (unpaired) electrons. The first-order valence-electron chi connectivity index (χ1n) is 10.1. The van der Waals surface area contributed by atoms with Gasteiger partial charge in [0.15, 0.2) is 12.2 Å². The Morgan fingerprint density at radius 2 is 2.28 bits per heavy atom. The molecule has 3 N–H and O–H groups in total. The van der Waals surface area contributed by atoms with Crippen molar-refractivity contribution >= 4 is 17.4 Å². The molecule has 0 saturated heterocycles. The monoisotopic (exact) mass is 440 g/mol. The van der Waals surface area contributed by atoms with Crippen molar-refractivity contribution in [3.05, 3.63) is 54.4 Å². The smallest absolute Gasteiger partial charge is 0.254 e. The molecule has 1 amide bonds. The van der Waals surface area contributed by atoms with E-state index in [0.29, 0.717) is 31.6 Å². The molecule has 3 heterocycles. The van der Waals surface area contributed by atoms with Crippen molar-refractivity contribution in [2.75, 3.05) is 18.9 Å². The number of carbonyl (C=O) groups excluding carboxylic acids is 1. The zero-order valence-electron chi connectivity index (χ0n) is 18.0. The summed E-state index contributed by atoms with van der Waals surface area (Å²) in [5, 5.41) is 17.0. The maximum atomic E-state index is 13.5. The lowest BCUT2D eigenvalue weighted by molar-refractivity contribution is 0.100. The van der Waals surface area contributed by atoms with Crippen LogP contribution < -0.4 is 11.1 Å². The Labute approximate surface area is 184 Å². The van der Waals surface area contributed by atoms with Crippen molar-refractivity contribution in [2.24, 2.45) is 5.73 Å². The predicted molar refractivity (Wildman–Crippen MR) is 114 cm³/mol. The largest absolute Gasteiger partial charge is 0.451 e. The van der Waals surface area contributed by atoms with Crippen LogP contribution in [0.5, 0.6) is 0 Å². The normalized spacial score (nSPS) is 13.0. The molecule has 0 aliphatic heterocycles. The molecule has 0 saturated carbocycles. The van der Waals surface area contributed by atoms with Gasteiger partial charge in [-0.05, 0) is 26.0 Å². The van der Waals surface area contributed by atoms with Crippen LogP contribution in [0.2, 0.25) is 0 Å². The van der Waals surface area contributed by atoms with Crippen LogP contribution in [0.3, 0.4) is 0 Å². The van der Waals surface area contributed by atoms with Gasteiger partial charge < -0.3 is 20.4 Å². The van der Waals surface area contributed by atoms with Crippen LogP contribution in [0.25, 0.3) is 0 Å². The molecule has 0 bridgehead atoms. The second-order valence-corrected chi connectivity index (χ2v) is 7.57. The third kappa shape index (κ3) is 5.28. The van der Waals surface area contributed by atoms with E-state index in [-0.39, 0.29) is 17.8 Å². The summed E-state index contributed by atoms with van der Waals surface area (Å²) in [6, 6.07) is 4.98. The van der Waals surface area contributed by atoms with E-state index >= 15 is 0 Å². The molecule has 10 nitrogen and oxygen atoms in total. The van der Waals surface area contributed by atoms with Crippen LogP contribution >= 0.6 is 0 Å². The Bertz CT molecular complexity index is 1090. The zero-order valence-corrected chi connectivity index (χ0v) is 18.0. The Morgan fingerprint density at radius 3 is 2.91 bits per heavy atom. The summed E-state index contributed by atoms with van der Waals surface area (Å²) in [5.41, 5.74) is 6.22. The van der Waals surface area contributed by atoms with Gasteiger partial charge >= 0.3 is 0 Å². The van der Waals surface area contributed by atoms with Crippen LogP contribution in [0.1, 0.15) is 42.2 Å². The third-order valence-electron chi connectivity index (χ3n) is 5.40. The van der Waals surface area contributed by atoms with Crippen molar-refractivity contribution in [3.63, 3.8) is 0 Å². The number of aromatic nitrogens is 4. The Balaban J connectivity index is 1.87. The number of nitriles is 1. The molecule has 0 aliphatic rings. The summed E-state index contributed by atoms with van der Waals surface area (Å²) in [6.45, 7) is 3.20. The molecule has 32 heavy (non-hydrogen) atoms. The maximum Gasteiger partial charge on any atom is 0.254 e. The molecule has 3 aromatic heterocycles. The lowest BCUT2D eigenvalue weighted by Gasteiger charge is -2.32. The van der Waals surface area contributed by atoms with E-state index in [1.807, 2.05) is 14.0 Å². The SMILES string of the molecule is CCC(CC#N)(CCN(C)Cc1cocn1)n1cc(C(N)=O)c(Nc2ccnc(F)c2)n1. The van der Waals surface area contributed by atoms with E-state index in [0.717, 1.165) is 5.69 Å². The fourth-order valence-electron chi connectivity index (χ4n) is 3.47. The molecular formula is C21H25FN8O2. The van der Waals surface area contributed by atoms with E-state index in [1.54, 1.807) is 23.2 Å². The topological polar surface area (TPSA) is 139 Å². The van der Waals surface area contributed by atoms with Crippen LogP contribution in [0.4, 0.5) is 15.9 Å². The van der Waals surface area contributed by atoms with E-state index < -0.39 is 17.4 Å². The second kappa shape index (κ2) is 10.0. The minimum atomic E-state index is -0.682. The Hall–Kier alpha value is -3.78. The van der Waals surface area contributed by atoms with E-state index in [1.165, 1.54) is 18.7 Å². The number of rotatable bonds is 11. The van der Waals surface area contributed by atoms with Crippen LogP contribution in [0, 0.1) is 17.3 Å². The Kier molecular flexibility index (Phi) is 7.17. The first-order chi connectivity index (χ1) is 15.4. The number of nitrogens with one attached hydrogen (secondary N) is 1. The fraction of sp³-hybridized carbons (Fsp3) is 0.381. The summed E-state index contributed by atoms with van der Waals surface area (Å²) < 4.78 is 20.1. The van der Waals surface area contributed by atoms with E-state index in [4.69, 9.17) is 10.2 Å². The highest BCUT2D eigenvalue weighted by Crippen LogP contribution is 2.32. The van der Waals surface area contributed by atoms with Gasteiger partial charge in [-0.3, -0.25) is 9.48 Å². The van der Waals surface area contributed by atoms with Crippen molar-refractivity contribution in [1.82, 2.24) is 24.6 Å². The number of primary amides is 1. The number of amides is 1. The molecule has 1 unspecified atom stereocenters. The molecule has 0 fully saturated rings. The van der Waals surface area contributed by atoms with Gasteiger partial charge in [0.1, 0.15) is 11.8 Å². The summed E-state index contributed by atoms with van der Waals surface area (Å²) in [7, 11) is 1.95. The van der Waals surface area contributed by atoms with Crippen molar-refractivity contribution in [3.8, 4) is 6.07 Å². The predicted octanol–water partition coefficient (Wildman–Crippen LogP) is 2.79. The van der Waals surface area contributed by atoms with Gasteiger partial charge in [-0.15, -0.1) is 0 Å². The number of halogens is 1. The molecule has 0 spiro atoms. The van der Waals surface area contributed by atoms with Crippen LogP contribution in [-0.4, -0.2) is 44.1 Å². The second-order valence-electron chi connectivity index (χ2n) is 7.57. The number of hydrogen-bond acceptors (Lipinski definition) is 8. The lowest BCUT2D eigenvalue weighted by Crippen LogP contribution is -2.37. The number of carbonyl (C=O) groups is 1. The zero-order chi connectivity index (χ0) is 23.1. The standard InChI is InChI=1S/C21H25FN8O2/c1-3-21(5-7-23,6-9-29(2)11-16-13-32-14-26-16)30-12-17(19(24)31)20(28-30)27-15-4-8-25-18(22)10-15/h4,8,10,12-14H,3,5-6,9,11H2,1-2H3,(H2,24,31)(H,25,27,28). The summed E-state index contributed by atoms with van der Waals surface area (Å²) in [5.74, 6) is -1.16. The van der Waals surface area contributed by atoms with Crippen molar-refractivity contribution < 1.29 is 13.6 Å². The van der Waals surface area contributed by atoms with Gasteiger partial charge in [0.25, 0.3) is 5.91 Å². The molecular weight excluding hydrogens is 415 g/mol. The maximum absolute atomic E-state index is 13.5. The highest BCUT2D eigenvalue weighted by atomic mass is 19.1. The van der Waals surface area contributed by atoms with Gasteiger partial charge in [-0.2, -0.15) is 14.8 Å². The molecule has 3 rings (SSSR count). The Morgan fingerprint density at radius 1 is 1.47 bits per heavy atom. The number of nitrogens with zero attached hydrogens (tertiary/aromatic N) is 6. The number of pyridine rings is 1. The molecule has 0 aliphatic carbocycles. The van der Waals surface area contributed by atoms with E-state index in [9.17, 15) is 14.4 Å². The molecule has 11 heteroatoms. The van der Waals surface area contributed by atoms with Gasteiger partial charge in [0.05, 0.1) is 23.7 Å². The van der Waals surface area contributed by atoms with Crippen molar-refractivity contribution in [1.29, 1.82) is 5.26 Å². The highest BCUT2D eigenvalue weighted by molar-refractivity contribution is 5.98. The van der Waals surface area contributed by atoms with Crippen molar-refractivity contribution in [2.45, 2.75) is 38.3 Å². The summed E-state index contributed by atoms with van der Waals surface area (Å²) in [6.07, 6.45) is 7.19. The van der Waals surface area contributed by atoms with Crippen LogP contribution in [0.15, 0.2) is 41.6 Å². The van der Waals surface area contributed by atoms with Gasteiger partial charge in [0.2, 0.25) is 5.95 Å². The number of anilines is 2. The average molecular weight is 440 g/mol. The minimum absolute atomic E-state index is 0.147. The average Bonchev–Trinajstić information content (AvgIpc) is 3.41. The number of oxazole rings is 1. The molecule has 3 aromatic rings. The third-order valence-corrected chi connectivity index (χ3v) is 5.40. The quantitative estimate of drug-likeness (QED) is 0.434. The molecule has 168 valence electrons. The molecule has 1 atom stereocenters. The highest BCUT2D eigenvalue weighted by Gasteiger charge is 2.33. The minimum Gasteiger partial charge on any atom is -0.451 e. The summed E-state index contributed by atoms with van der Waals surface area (Å²) in [4.78, 5) is 21.8. The van der Waals surface area contributed by atoms with Gasteiger partial charge in [0, 0.05) is 37.2 Å². The summed E-state index contributed by atoms with van der Waals surface area (Å²) >= 11 is 0. The number of nitrogens with two attached hydrogens (primary N) is 1. The van der Waals surface area contributed by atoms with Crippen LogP contribution in [-0.2, 0) is 12.1 Å². The first-order valence-corrected chi connectivity index (χ1v) is 10.1. The lowest BCUT2D eigenvalue weighted by atomic mass is 9.88. The molecule has 0 aromatic carbocycles.